The fourth-order valence-corrected chi connectivity index (χ4v) is 1.96. The van der Waals surface area contributed by atoms with Crippen LogP contribution >= 0.6 is 23.2 Å². The first-order valence-corrected chi connectivity index (χ1v) is 5.59. The molecule has 0 saturated carbocycles. The van der Waals surface area contributed by atoms with E-state index in [1.54, 1.807) is 0 Å². The average Bonchev–Trinajstić information content (AvgIpc) is 2.32. The Morgan fingerprint density at radius 3 is 2.71 bits per heavy atom. The Kier molecular flexibility index (Phi) is 5.18. The number of hydrogen-bond acceptors (Lipinski definition) is 3. The highest BCUT2D eigenvalue weighted by Gasteiger charge is 2.16. The minimum Gasteiger partial charge on any atom is -0.469 e. The number of hydrogen-bond donors (Lipinski definition) is 1. The lowest BCUT2D eigenvalue weighted by Crippen LogP contribution is -2.04. The molecule has 0 aromatic heterocycles. The summed E-state index contributed by atoms with van der Waals surface area (Å²) in [6, 6.07) is 1.36. The van der Waals surface area contributed by atoms with Crippen molar-refractivity contribution < 1.29 is 19.0 Å². The number of benzene rings is 1. The van der Waals surface area contributed by atoms with Crippen molar-refractivity contribution in [1.82, 2.24) is 0 Å². The first-order valence-electron chi connectivity index (χ1n) is 4.84. The van der Waals surface area contributed by atoms with Crippen LogP contribution in [0.4, 0.5) is 4.39 Å². The molecule has 94 valence electrons. The molecule has 0 aliphatic rings. The van der Waals surface area contributed by atoms with E-state index in [0.717, 1.165) is 0 Å². The third-order valence-electron chi connectivity index (χ3n) is 2.31. The number of aryl methyl sites for hydroxylation is 1. The quantitative estimate of drug-likeness (QED) is 0.681. The second-order valence-corrected chi connectivity index (χ2v) is 4.14. The second-order valence-electron chi connectivity index (χ2n) is 3.36. The molecule has 1 rings (SSSR count). The van der Waals surface area contributed by atoms with Crippen LogP contribution in [0.2, 0.25) is 10.0 Å². The zero-order valence-corrected chi connectivity index (χ0v) is 10.6. The van der Waals surface area contributed by atoms with Crippen LogP contribution in [0.5, 0.6) is 0 Å². The monoisotopic (exact) mass is 280 g/mol. The van der Waals surface area contributed by atoms with E-state index in [9.17, 15) is 9.18 Å². The topological polar surface area (TPSA) is 46.5 Å². The minimum absolute atomic E-state index is 0.0402. The van der Waals surface area contributed by atoms with Crippen molar-refractivity contribution >= 4 is 29.2 Å². The zero-order valence-electron chi connectivity index (χ0n) is 9.10. The molecule has 1 aromatic rings. The van der Waals surface area contributed by atoms with Crippen molar-refractivity contribution in [2.45, 2.75) is 19.4 Å². The Balaban J connectivity index is 2.98. The average molecular weight is 281 g/mol. The fraction of sp³-hybridized carbons (Fsp3) is 0.364. The molecular formula is C11H11Cl2FO3. The van der Waals surface area contributed by atoms with Gasteiger partial charge in [0.15, 0.2) is 0 Å². The zero-order chi connectivity index (χ0) is 13.0. The highest BCUT2D eigenvalue weighted by molar-refractivity contribution is 6.36. The van der Waals surface area contributed by atoms with Gasteiger partial charge in [0.2, 0.25) is 0 Å². The van der Waals surface area contributed by atoms with Gasteiger partial charge in [0, 0.05) is 17.0 Å². The Hall–Kier alpha value is -0.840. The molecule has 0 amide bonds. The van der Waals surface area contributed by atoms with E-state index in [1.807, 2.05) is 0 Å². The van der Waals surface area contributed by atoms with E-state index in [1.165, 1.54) is 13.2 Å². The first kappa shape index (κ1) is 14.2. The van der Waals surface area contributed by atoms with Gasteiger partial charge in [-0.15, -0.1) is 0 Å². The van der Waals surface area contributed by atoms with Gasteiger partial charge in [-0.1, -0.05) is 23.2 Å². The van der Waals surface area contributed by atoms with E-state index in [4.69, 9.17) is 28.3 Å². The predicted octanol–water partition coefficient (Wildman–Crippen LogP) is 2.73. The van der Waals surface area contributed by atoms with Crippen molar-refractivity contribution in [2.75, 3.05) is 7.11 Å². The molecule has 0 radical (unpaired) electrons. The largest absolute Gasteiger partial charge is 0.469 e. The molecule has 0 aliphatic heterocycles. The lowest BCUT2D eigenvalue weighted by atomic mass is 10.1. The molecule has 0 unspecified atom stereocenters. The van der Waals surface area contributed by atoms with Gasteiger partial charge >= 0.3 is 5.97 Å². The molecule has 0 spiro atoms. The van der Waals surface area contributed by atoms with E-state index >= 15 is 0 Å². The van der Waals surface area contributed by atoms with Crippen molar-refractivity contribution in [3.63, 3.8) is 0 Å². The molecule has 0 saturated heterocycles. The van der Waals surface area contributed by atoms with Crippen LogP contribution in [-0.2, 0) is 22.6 Å². The summed E-state index contributed by atoms with van der Waals surface area (Å²) in [7, 11) is 1.26. The summed E-state index contributed by atoms with van der Waals surface area (Å²) in [5.41, 5.74) is 0.371. The summed E-state index contributed by atoms with van der Waals surface area (Å²) in [5.74, 6) is -1.10. The molecule has 0 heterocycles. The summed E-state index contributed by atoms with van der Waals surface area (Å²) < 4.78 is 18.2. The van der Waals surface area contributed by atoms with Gasteiger partial charge in [0.05, 0.1) is 18.7 Å². The Bertz CT molecular complexity index is 435. The first-order chi connectivity index (χ1) is 8.01. The van der Waals surface area contributed by atoms with Gasteiger partial charge in [-0.2, -0.15) is 0 Å². The lowest BCUT2D eigenvalue weighted by Gasteiger charge is -2.09. The van der Waals surface area contributed by atoms with Crippen LogP contribution in [0.1, 0.15) is 17.5 Å². The van der Waals surface area contributed by atoms with E-state index in [2.05, 4.69) is 4.74 Å². The standard InChI is InChI=1S/C11H11Cl2FO3/c1-17-9(16)3-2-6-4-8(12)7(5-15)10(13)11(6)14/h4,15H,2-3,5H2,1H3. The number of methoxy groups -OCH3 is 1. The highest BCUT2D eigenvalue weighted by Crippen LogP contribution is 2.30. The van der Waals surface area contributed by atoms with Crippen molar-refractivity contribution in [2.24, 2.45) is 0 Å². The Morgan fingerprint density at radius 2 is 2.18 bits per heavy atom. The number of aliphatic hydroxyl groups is 1. The van der Waals surface area contributed by atoms with Crippen LogP contribution in [0.15, 0.2) is 6.07 Å². The number of ether oxygens (including phenoxy) is 1. The molecule has 0 fully saturated rings. The maximum atomic E-state index is 13.7. The Labute approximate surface area is 108 Å². The maximum Gasteiger partial charge on any atom is 0.305 e. The molecule has 0 atom stereocenters. The maximum absolute atomic E-state index is 13.7. The molecule has 3 nitrogen and oxygen atoms in total. The molecule has 0 aliphatic carbocycles. The van der Waals surface area contributed by atoms with E-state index in [-0.39, 0.29) is 34.0 Å². The number of rotatable bonds is 4. The molecule has 17 heavy (non-hydrogen) atoms. The number of carbonyl (C=O) groups is 1. The summed E-state index contributed by atoms with van der Waals surface area (Å²) in [6.45, 7) is -0.439. The van der Waals surface area contributed by atoms with Gasteiger partial charge in [-0.3, -0.25) is 4.79 Å². The van der Waals surface area contributed by atoms with Crippen molar-refractivity contribution in [1.29, 1.82) is 0 Å². The number of carbonyl (C=O) groups excluding carboxylic acids is 1. The molecule has 1 N–H and O–H groups in total. The molecular weight excluding hydrogens is 270 g/mol. The van der Waals surface area contributed by atoms with Gasteiger partial charge in [0.25, 0.3) is 0 Å². The van der Waals surface area contributed by atoms with Gasteiger partial charge in [0.1, 0.15) is 5.82 Å². The minimum atomic E-state index is -0.663. The summed E-state index contributed by atoms with van der Waals surface area (Å²) >= 11 is 11.5. The van der Waals surface area contributed by atoms with E-state index in [0.29, 0.717) is 0 Å². The lowest BCUT2D eigenvalue weighted by molar-refractivity contribution is -0.140. The SMILES string of the molecule is COC(=O)CCc1cc(Cl)c(CO)c(Cl)c1F. The fourth-order valence-electron chi connectivity index (χ4n) is 1.35. The van der Waals surface area contributed by atoms with E-state index < -0.39 is 18.4 Å². The third kappa shape index (κ3) is 3.31. The number of aliphatic hydroxyl groups excluding tert-OH is 1. The van der Waals surface area contributed by atoms with Gasteiger partial charge in [-0.25, -0.2) is 4.39 Å². The van der Waals surface area contributed by atoms with Crippen LogP contribution < -0.4 is 0 Å². The Morgan fingerprint density at radius 1 is 1.53 bits per heavy atom. The number of esters is 1. The van der Waals surface area contributed by atoms with Crippen LogP contribution in [0.25, 0.3) is 0 Å². The molecule has 0 bridgehead atoms. The van der Waals surface area contributed by atoms with Gasteiger partial charge < -0.3 is 9.84 Å². The van der Waals surface area contributed by atoms with Crippen LogP contribution in [0, 0.1) is 5.82 Å². The number of halogens is 3. The van der Waals surface area contributed by atoms with Gasteiger partial charge in [-0.05, 0) is 18.1 Å². The summed E-state index contributed by atoms with van der Waals surface area (Å²) in [4.78, 5) is 10.9. The van der Waals surface area contributed by atoms with Crippen molar-refractivity contribution in [3.05, 3.63) is 33.1 Å². The molecule has 6 heteroatoms. The normalized spacial score (nSPS) is 10.4. The van der Waals surface area contributed by atoms with Crippen molar-refractivity contribution in [3.8, 4) is 0 Å². The van der Waals surface area contributed by atoms with Crippen LogP contribution in [0.3, 0.4) is 0 Å². The highest BCUT2D eigenvalue weighted by atomic mass is 35.5. The smallest absolute Gasteiger partial charge is 0.305 e. The van der Waals surface area contributed by atoms with Crippen LogP contribution in [-0.4, -0.2) is 18.2 Å². The second kappa shape index (κ2) is 6.19. The molecule has 1 aromatic carbocycles. The summed E-state index contributed by atoms with van der Waals surface area (Å²) in [5, 5.41) is 8.93. The predicted molar refractivity (Wildman–Crippen MR) is 62.7 cm³/mol. The summed E-state index contributed by atoms with van der Waals surface area (Å²) in [6.07, 6.45) is 0.183. The third-order valence-corrected chi connectivity index (χ3v) is 3.04.